The number of hydrogen-bond donors (Lipinski definition) is 0. The zero-order valence-corrected chi connectivity index (χ0v) is 17.9. The van der Waals surface area contributed by atoms with Crippen molar-refractivity contribution in [3.8, 4) is 5.69 Å². The van der Waals surface area contributed by atoms with Crippen molar-refractivity contribution in [3.05, 3.63) is 41.7 Å². The van der Waals surface area contributed by atoms with Crippen molar-refractivity contribution in [2.45, 2.75) is 57.3 Å². The molecular weight excluding hydrogens is 374 g/mol. The number of carbonyl (C=O) groups is 1. The number of amides is 1. The van der Waals surface area contributed by atoms with Gasteiger partial charge >= 0.3 is 0 Å². The molecule has 1 amide bonds. The maximum atomic E-state index is 13.4. The lowest BCUT2D eigenvalue weighted by Gasteiger charge is -2.28. The van der Waals surface area contributed by atoms with E-state index in [0.717, 1.165) is 62.7 Å². The Morgan fingerprint density at radius 1 is 0.900 bits per heavy atom. The summed E-state index contributed by atoms with van der Waals surface area (Å²) < 4.78 is 1.89. The number of benzene rings is 1. The monoisotopic (exact) mass is 407 g/mol. The zero-order chi connectivity index (χ0) is 20.3. The van der Waals surface area contributed by atoms with Crippen LogP contribution in [0.1, 0.15) is 73.5 Å². The molecule has 3 aliphatic rings. The third kappa shape index (κ3) is 4.29. The van der Waals surface area contributed by atoms with Gasteiger partial charge in [0.25, 0.3) is 5.91 Å². The number of aromatic nitrogens is 3. The average molecular weight is 408 g/mol. The smallest absolute Gasteiger partial charge is 0.276 e. The average Bonchev–Trinajstić information content (AvgIpc) is 3.58. The van der Waals surface area contributed by atoms with E-state index in [4.69, 9.17) is 0 Å². The molecule has 0 radical (unpaired) electrons. The van der Waals surface area contributed by atoms with E-state index in [-0.39, 0.29) is 5.91 Å². The Hall–Kier alpha value is -2.21. The van der Waals surface area contributed by atoms with E-state index in [2.05, 4.69) is 15.2 Å². The number of nitrogens with zero attached hydrogens (tertiary/aromatic N) is 5. The van der Waals surface area contributed by atoms with Gasteiger partial charge in [-0.2, -0.15) is 0 Å². The Morgan fingerprint density at radius 3 is 2.47 bits per heavy atom. The van der Waals surface area contributed by atoms with E-state index >= 15 is 0 Å². The second-order valence-electron chi connectivity index (χ2n) is 9.30. The summed E-state index contributed by atoms with van der Waals surface area (Å²) in [6.07, 6.45) is 10.2. The van der Waals surface area contributed by atoms with Gasteiger partial charge in [-0.25, -0.2) is 4.68 Å². The van der Waals surface area contributed by atoms with Crippen LogP contribution in [0.25, 0.3) is 5.69 Å². The van der Waals surface area contributed by atoms with Gasteiger partial charge in [0.15, 0.2) is 5.69 Å². The first-order chi connectivity index (χ1) is 14.8. The van der Waals surface area contributed by atoms with Crippen LogP contribution in [0, 0.1) is 5.92 Å². The van der Waals surface area contributed by atoms with Crippen LogP contribution < -0.4 is 0 Å². The van der Waals surface area contributed by atoms with Crippen molar-refractivity contribution >= 4 is 5.91 Å². The number of carbonyl (C=O) groups excluding carboxylic acids is 1. The highest BCUT2D eigenvalue weighted by atomic mass is 16.2. The van der Waals surface area contributed by atoms with E-state index in [9.17, 15) is 4.79 Å². The molecule has 0 spiro atoms. The standard InChI is InChI=1S/C24H33N5O/c30-24(28-15-7-14-27(16-17-28)18-19-8-3-1-4-9-19)22-23(20-12-13-20)29(26-25-22)21-10-5-2-6-11-21/h2,5-6,10-11,19-20H,1,3-4,7-9,12-18H2. The van der Waals surface area contributed by atoms with E-state index in [1.165, 1.54) is 38.6 Å². The lowest BCUT2D eigenvalue weighted by Crippen LogP contribution is -2.37. The van der Waals surface area contributed by atoms with Gasteiger partial charge in [-0.15, -0.1) is 5.10 Å². The van der Waals surface area contributed by atoms with Crippen LogP contribution in [0.4, 0.5) is 0 Å². The number of hydrogen-bond acceptors (Lipinski definition) is 4. The van der Waals surface area contributed by atoms with Crippen molar-refractivity contribution in [1.82, 2.24) is 24.8 Å². The highest BCUT2D eigenvalue weighted by Crippen LogP contribution is 2.42. The van der Waals surface area contributed by atoms with Gasteiger partial charge in [-0.1, -0.05) is 42.7 Å². The third-order valence-electron chi connectivity index (χ3n) is 6.99. The molecule has 3 fully saturated rings. The van der Waals surface area contributed by atoms with Gasteiger partial charge < -0.3 is 9.80 Å². The number of rotatable bonds is 5. The minimum absolute atomic E-state index is 0.0681. The van der Waals surface area contributed by atoms with E-state index in [0.29, 0.717) is 11.6 Å². The molecule has 2 heterocycles. The predicted octanol–water partition coefficient (Wildman–Crippen LogP) is 3.87. The molecule has 1 aromatic heterocycles. The summed E-state index contributed by atoms with van der Waals surface area (Å²) in [5.41, 5.74) is 2.57. The highest BCUT2D eigenvalue weighted by Gasteiger charge is 2.36. The molecule has 160 valence electrons. The molecule has 1 aromatic carbocycles. The Labute approximate surface area is 179 Å². The van der Waals surface area contributed by atoms with Gasteiger partial charge in [0.2, 0.25) is 0 Å². The second-order valence-corrected chi connectivity index (χ2v) is 9.30. The first-order valence-corrected chi connectivity index (χ1v) is 11.8. The molecule has 6 heteroatoms. The van der Waals surface area contributed by atoms with Crippen LogP contribution in [-0.2, 0) is 0 Å². The molecule has 2 saturated carbocycles. The van der Waals surface area contributed by atoms with E-state index < -0.39 is 0 Å². The molecule has 1 aliphatic heterocycles. The summed E-state index contributed by atoms with van der Waals surface area (Å²) in [5.74, 6) is 1.33. The number of para-hydroxylation sites is 1. The van der Waals surface area contributed by atoms with Crippen molar-refractivity contribution in [2.75, 3.05) is 32.7 Å². The lowest BCUT2D eigenvalue weighted by molar-refractivity contribution is 0.0752. The fraction of sp³-hybridized carbons (Fsp3) is 0.625. The molecule has 0 atom stereocenters. The van der Waals surface area contributed by atoms with Gasteiger partial charge in [-0.3, -0.25) is 4.79 Å². The van der Waals surface area contributed by atoms with E-state index in [1.807, 2.05) is 39.9 Å². The van der Waals surface area contributed by atoms with Crippen LogP contribution in [0.2, 0.25) is 0 Å². The van der Waals surface area contributed by atoms with Crippen LogP contribution >= 0.6 is 0 Å². The molecule has 0 unspecified atom stereocenters. The molecule has 6 nitrogen and oxygen atoms in total. The van der Waals surface area contributed by atoms with Gasteiger partial charge in [0.05, 0.1) is 11.4 Å². The molecule has 0 bridgehead atoms. The normalized spacial score (nSPS) is 21.5. The Bertz CT molecular complexity index is 854. The summed E-state index contributed by atoms with van der Waals surface area (Å²) in [4.78, 5) is 18.0. The fourth-order valence-corrected chi connectivity index (χ4v) is 5.17. The maximum absolute atomic E-state index is 13.4. The minimum Gasteiger partial charge on any atom is -0.336 e. The summed E-state index contributed by atoms with van der Waals surface area (Å²) in [6.45, 7) is 4.91. The van der Waals surface area contributed by atoms with Gasteiger partial charge in [0, 0.05) is 32.1 Å². The Morgan fingerprint density at radius 2 is 1.70 bits per heavy atom. The Balaban J connectivity index is 1.28. The molecular formula is C24H33N5O. The van der Waals surface area contributed by atoms with Crippen LogP contribution in [0.3, 0.4) is 0 Å². The minimum atomic E-state index is 0.0681. The molecule has 0 N–H and O–H groups in total. The summed E-state index contributed by atoms with van der Waals surface area (Å²) in [6, 6.07) is 10.1. The Kier molecular flexibility index (Phi) is 5.84. The van der Waals surface area contributed by atoms with Gasteiger partial charge in [-0.05, 0) is 56.7 Å². The first-order valence-electron chi connectivity index (χ1n) is 11.8. The topological polar surface area (TPSA) is 54.3 Å². The summed E-state index contributed by atoms with van der Waals surface area (Å²) in [7, 11) is 0. The molecule has 1 saturated heterocycles. The SMILES string of the molecule is O=C(c1nnn(-c2ccccc2)c1C1CC1)N1CCCN(CC2CCCCC2)CC1. The zero-order valence-electron chi connectivity index (χ0n) is 17.9. The molecule has 2 aromatic rings. The van der Waals surface area contributed by atoms with Crippen molar-refractivity contribution in [1.29, 1.82) is 0 Å². The van der Waals surface area contributed by atoms with E-state index in [1.54, 1.807) is 0 Å². The third-order valence-corrected chi connectivity index (χ3v) is 6.99. The quantitative estimate of drug-likeness (QED) is 0.755. The maximum Gasteiger partial charge on any atom is 0.276 e. The lowest BCUT2D eigenvalue weighted by atomic mass is 9.89. The highest BCUT2D eigenvalue weighted by molar-refractivity contribution is 5.93. The second kappa shape index (κ2) is 8.88. The molecule has 5 rings (SSSR count). The first kappa shape index (κ1) is 19.7. The summed E-state index contributed by atoms with van der Waals surface area (Å²) >= 11 is 0. The van der Waals surface area contributed by atoms with Crippen molar-refractivity contribution in [3.63, 3.8) is 0 Å². The molecule has 30 heavy (non-hydrogen) atoms. The summed E-state index contributed by atoms with van der Waals surface area (Å²) in [5, 5.41) is 8.77. The predicted molar refractivity (Wildman–Crippen MR) is 117 cm³/mol. The van der Waals surface area contributed by atoms with Crippen molar-refractivity contribution < 1.29 is 4.79 Å². The van der Waals surface area contributed by atoms with Crippen LogP contribution in [-0.4, -0.2) is 63.4 Å². The van der Waals surface area contributed by atoms with Crippen LogP contribution in [0.15, 0.2) is 30.3 Å². The van der Waals surface area contributed by atoms with Gasteiger partial charge in [0.1, 0.15) is 0 Å². The fourth-order valence-electron chi connectivity index (χ4n) is 5.17. The van der Waals surface area contributed by atoms with Crippen molar-refractivity contribution in [2.24, 2.45) is 5.92 Å². The van der Waals surface area contributed by atoms with Crippen LogP contribution in [0.5, 0.6) is 0 Å². The molecule has 2 aliphatic carbocycles. The largest absolute Gasteiger partial charge is 0.336 e.